The van der Waals surface area contributed by atoms with Crippen LogP contribution in [0.2, 0.25) is 0 Å². The fourth-order valence-electron chi connectivity index (χ4n) is 5.53. The van der Waals surface area contributed by atoms with Gasteiger partial charge in [0.1, 0.15) is 17.6 Å². The third-order valence-corrected chi connectivity index (χ3v) is 7.97. The molecule has 1 aliphatic heterocycles. The molecule has 0 radical (unpaired) electrons. The number of likely N-dealkylation sites (N-methyl/N-ethyl adjacent to an activating group) is 1. The molecule has 9 nitrogen and oxygen atoms in total. The lowest BCUT2D eigenvalue weighted by atomic mass is 9.96. The van der Waals surface area contributed by atoms with E-state index in [1.165, 1.54) is 6.42 Å². The van der Waals surface area contributed by atoms with Crippen LogP contribution < -0.4 is 20.1 Å². The van der Waals surface area contributed by atoms with E-state index in [4.69, 9.17) is 9.47 Å². The van der Waals surface area contributed by atoms with Crippen LogP contribution in [-0.2, 0) is 6.54 Å². The van der Waals surface area contributed by atoms with Crippen LogP contribution in [0.4, 0.5) is 10.5 Å². The van der Waals surface area contributed by atoms with Gasteiger partial charge in [0, 0.05) is 37.3 Å². The van der Waals surface area contributed by atoms with Gasteiger partial charge in [0.15, 0.2) is 0 Å². The van der Waals surface area contributed by atoms with Gasteiger partial charge in [0.05, 0.1) is 25.3 Å². The van der Waals surface area contributed by atoms with Gasteiger partial charge < -0.3 is 30.1 Å². The van der Waals surface area contributed by atoms with E-state index in [0.29, 0.717) is 30.1 Å². The molecule has 2 aromatic carbocycles. The van der Waals surface area contributed by atoms with Crippen LogP contribution in [0, 0.1) is 5.92 Å². The first-order valence-corrected chi connectivity index (χ1v) is 14.4. The molecule has 3 atom stereocenters. The highest BCUT2D eigenvalue weighted by atomic mass is 16.5. The zero-order valence-corrected chi connectivity index (χ0v) is 24.2. The van der Waals surface area contributed by atoms with Gasteiger partial charge in [0.2, 0.25) is 0 Å². The molecule has 0 bridgehead atoms. The summed E-state index contributed by atoms with van der Waals surface area (Å²) in [5, 5.41) is 15.9. The Balaban J connectivity index is 1.52. The van der Waals surface area contributed by atoms with Gasteiger partial charge in [-0.15, -0.1) is 0 Å². The molecule has 1 heterocycles. The van der Waals surface area contributed by atoms with Crippen LogP contribution in [0.1, 0.15) is 61.9 Å². The number of hydrogen-bond donors (Lipinski definition) is 3. The fourth-order valence-corrected chi connectivity index (χ4v) is 5.53. The van der Waals surface area contributed by atoms with Gasteiger partial charge in [0.25, 0.3) is 5.91 Å². The number of aliphatic hydroxyl groups is 1. The number of methoxy groups -OCH3 is 1. The minimum absolute atomic E-state index is 0.0171. The van der Waals surface area contributed by atoms with Crippen LogP contribution in [0.3, 0.4) is 0 Å². The fraction of sp³-hybridized carbons (Fsp3) is 0.548. The van der Waals surface area contributed by atoms with Crippen LogP contribution in [0.25, 0.3) is 0 Å². The van der Waals surface area contributed by atoms with Crippen LogP contribution in [0.15, 0.2) is 42.5 Å². The van der Waals surface area contributed by atoms with E-state index in [0.717, 1.165) is 43.5 Å². The molecule has 0 aromatic heterocycles. The summed E-state index contributed by atoms with van der Waals surface area (Å²) in [7, 11) is 3.71. The van der Waals surface area contributed by atoms with E-state index in [1.54, 1.807) is 30.2 Å². The quantitative estimate of drug-likeness (QED) is 0.423. The van der Waals surface area contributed by atoms with E-state index >= 15 is 0 Å². The molecular weight excluding hydrogens is 508 g/mol. The molecule has 3 amide bonds. The lowest BCUT2D eigenvalue weighted by Crippen LogP contribution is -2.49. The van der Waals surface area contributed by atoms with Crippen molar-refractivity contribution < 1.29 is 24.2 Å². The highest BCUT2D eigenvalue weighted by Gasteiger charge is 2.33. The molecule has 1 fully saturated rings. The molecule has 0 spiro atoms. The summed E-state index contributed by atoms with van der Waals surface area (Å²) in [6.07, 6.45) is 5.26. The SMILES string of the molecule is COc1ccc(CN(C)C[C@H]2Oc3ccc(NC(=O)NC4CCCCC4)cc3C(=O)N([C@@H](C)CO)C[C@H]2C)cc1. The first-order valence-electron chi connectivity index (χ1n) is 14.4. The van der Waals surface area contributed by atoms with E-state index in [9.17, 15) is 14.7 Å². The number of rotatable bonds is 9. The first-order chi connectivity index (χ1) is 19.3. The molecular formula is C31H44N4O5. The van der Waals surface area contributed by atoms with Crippen molar-refractivity contribution in [3.8, 4) is 11.5 Å². The number of amides is 3. The minimum Gasteiger partial charge on any atom is -0.497 e. The van der Waals surface area contributed by atoms with E-state index in [2.05, 4.69) is 41.6 Å². The molecule has 0 unspecified atom stereocenters. The van der Waals surface area contributed by atoms with Crippen LogP contribution >= 0.6 is 0 Å². The summed E-state index contributed by atoms with van der Waals surface area (Å²) in [5.74, 6) is 1.10. The zero-order valence-electron chi connectivity index (χ0n) is 24.2. The number of nitrogens with zero attached hydrogens (tertiary/aromatic N) is 2. The molecule has 40 heavy (non-hydrogen) atoms. The molecule has 218 valence electrons. The number of anilines is 1. The number of ether oxygens (including phenoxy) is 2. The lowest BCUT2D eigenvalue weighted by Gasteiger charge is -2.38. The predicted molar refractivity (Wildman–Crippen MR) is 156 cm³/mol. The van der Waals surface area contributed by atoms with Crippen molar-refractivity contribution in [3.05, 3.63) is 53.6 Å². The Morgan fingerprint density at radius 1 is 1.18 bits per heavy atom. The third-order valence-electron chi connectivity index (χ3n) is 7.97. The van der Waals surface area contributed by atoms with E-state index in [1.807, 2.05) is 19.1 Å². The molecule has 9 heteroatoms. The second-order valence-electron chi connectivity index (χ2n) is 11.3. The number of fused-ring (bicyclic) bond motifs is 1. The zero-order chi connectivity index (χ0) is 28.6. The van der Waals surface area contributed by atoms with Gasteiger partial charge in [-0.3, -0.25) is 9.69 Å². The summed E-state index contributed by atoms with van der Waals surface area (Å²) in [6, 6.07) is 12.8. The maximum absolute atomic E-state index is 13.7. The van der Waals surface area contributed by atoms with Crippen molar-refractivity contribution in [2.75, 3.05) is 39.2 Å². The summed E-state index contributed by atoms with van der Waals surface area (Å²) in [6.45, 7) is 5.60. The molecule has 2 aromatic rings. The molecule has 2 aliphatic rings. The maximum Gasteiger partial charge on any atom is 0.319 e. The average Bonchev–Trinajstić information content (AvgIpc) is 2.95. The Labute approximate surface area is 237 Å². The molecule has 4 rings (SSSR count). The van der Waals surface area contributed by atoms with Crippen molar-refractivity contribution in [2.45, 2.75) is 70.7 Å². The van der Waals surface area contributed by atoms with E-state index in [-0.39, 0.29) is 42.7 Å². The van der Waals surface area contributed by atoms with Crippen molar-refractivity contribution in [1.29, 1.82) is 0 Å². The number of hydrogen-bond acceptors (Lipinski definition) is 6. The number of carbonyl (C=O) groups is 2. The maximum atomic E-state index is 13.7. The predicted octanol–water partition coefficient (Wildman–Crippen LogP) is 4.50. The number of nitrogens with one attached hydrogen (secondary N) is 2. The third kappa shape index (κ3) is 7.67. The van der Waals surface area contributed by atoms with Crippen molar-refractivity contribution >= 4 is 17.6 Å². The molecule has 1 saturated carbocycles. The summed E-state index contributed by atoms with van der Waals surface area (Å²) in [4.78, 5) is 30.3. The topological polar surface area (TPSA) is 103 Å². The largest absolute Gasteiger partial charge is 0.497 e. The van der Waals surface area contributed by atoms with Gasteiger partial charge in [-0.25, -0.2) is 4.79 Å². The Kier molecular flexibility index (Phi) is 10.3. The Morgan fingerprint density at radius 2 is 1.90 bits per heavy atom. The van der Waals surface area contributed by atoms with E-state index < -0.39 is 0 Å². The second kappa shape index (κ2) is 13.9. The normalized spacial score (nSPS) is 20.6. The molecule has 3 N–H and O–H groups in total. The second-order valence-corrected chi connectivity index (χ2v) is 11.3. The standard InChI is InChI=1S/C31H44N4O5/c1-21-17-35(22(2)20-36)30(37)27-16-25(33-31(38)32-24-8-6-5-7-9-24)12-15-28(27)40-29(21)19-34(3)18-23-10-13-26(39-4)14-11-23/h10-16,21-22,24,29,36H,5-9,17-20H2,1-4H3,(H2,32,33,38)/t21-,22+,29-/m1/s1. The van der Waals surface area contributed by atoms with Crippen LogP contribution in [-0.4, -0.2) is 78.9 Å². The van der Waals surface area contributed by atoms with Gasteiger partial charge in [-0.2, -0.15) is 0 Å². The molecule has 1 aliphatic carbocycles. The monoisotopic (exact) mass is 552 g/mol. The van der Waals surface area contributed by atoms with Crippen molar-refractivity contribution in [2.24, 2.45) is 5.92 Å². The van der Waals surface area contributed by atoms with Crippen LogP contribution in [0.5, 0.6) is 11.5 Å². The lowest BCUT2D eigenvalue weighted by molar-refractivity contribution is 0.0341. The number of urea groups is 1. The van der Waals surface area contributed by atoms with Crippen molar-refractivity contribution in [3.63, 3.8) is 0 Å². The Bertz CT molecular complexity index is 1140. The number of aliphatic hydroxyl groups excluding tert-OH is 1. The smallest absolute Gasteiger partial charge is 0.319 e. The highest BCUT2D eigenvalue weighted by molar-refractivity contribution is 5.99. The van der Waals surface area contributed by atoms with Gasteiger partial charge in [-0.1, -0.05) is 38.3 Å². The van der Waals surface area contributed by atoms with Gasteiger partial charge in [-0.05, 0) is 62.7 Å². The summed E-state index contributed by atoms with van der Waals surface area (Å²) < 4.78 is 11.8. The number of benzene rings is 2. The number of carbonyl (C=O) groups excluding carboxylic acids is 2. The highest BCUT2D eigenvalue weighted by Crippen LogP contribution is 2.31. The van der Waals surface area contributed by atoms with Crippen molar-refractivity contribution in [1.82, 2.24) is 15.1 Å². The summed E-state index contributed by atoms with van der Waals surface area (Å²) in [5.41, 5.74) is 2.07. The average molecular weight is 553 g/mol. The minimum atomic E-state index is -0.357. The Hall–Kier alpha value is -3.30. The summed E-state index contributed by atoms with van der Waals surface area (Å²) >= 11 is 0. The van der Waals surface area contributed by atoms with Gasteiger partial charge >= 0.3 is 6.03 Å². The Morgan fingerprint density at radius 3 is 2.58 bits per heavy atom. The molecule has 0 saturated heterocycles. The first kappa shape index (κ1) is 29.7.